The Labute approximate surface area is 112 Å². The average Bonchev–Trinajstić information content (AvgIpc) is 2.46. The second-order valence-electron chi connectivity index (χ2n) is 4.58. The Morgan fingerprint density at radius 3 is 3.11 bits per heavy atom. The van der Waals surface area contributed by atoms with E-state index in [9.17, 15) is 9.90 Å². The zero-order valence-corrected chi connectivity index (χ0v) is 10.7. The molecule has 1 aromatic carbocycles. The van der Waals surface area contributed by atoms with Crippen LogP contribution >= 0.6 is 0 Å². The molecular weight excluding hydrogens is 244 g/mol. The quantitative estimate of drug-likeness (QED) is 0.889. The second-order valence-corrected chi connectivity index (χ2v) is 4.58. The van der Waals surface area contributed by atoms with Crippen LogP contribution in [0.15, 0.2) is 24.3 Å². The third-order valence-electron chi connectivity index (χ3n) is 3.45. The Morgan fingerprint density at radius 1 is 1.63 bits per heavy atom. The summed E-state index contributed by atoms with van der Waals surface area (Å²) in [6, 6.07) is 8.69. The van der Waals surface area contributed by atoms with Crippen molar-refractivity contribution in [2.75, 3.05) is 19.8 Å². The number of rotatable bonds is 3. The maximum absolute atomic E-state index is 11.2. The zero-order chi connectivity index (χ0) is 13.8. The van der Waals surface area contributed by atoms with Gasteiger partial charge in [-0.1, -0.05) is 12.1 Å². The highest BCUT2D eigenvalue weighted by atomic mass is 16.5. The van der Waals surface area contributed by atoms with Crippen LogP contribution in [0.3, 0.4) is 0 Å². The number of benzene rings is 1. The molecule has 0 saturated carbocycles. The number of nitrogens with zero attached hydrogens (tertiary/aromatic N) is 2. The van der Waals surface area contributed by atoms with Crippen LogP contribution in [0, 0.1) is 11.3 Å². The van der Waals surface area contributed by atoms with Gasteiger partial charge < -0.3 is 9.84 Å². The lowest BCUT2D eigenvalue weighted by Crippen LogP contribution is -2.50. The minimum absolute atomic E-state index is 0.0571. The summed E-state index contributed by atoms with van der Waals surface area (Å²) >= 11 is 0. The molecule has 2 unspecified atom stereocenters. The smallest absolute Gasteiger partial charge is 0.323 e. The molecule has 1 heterocycles. The molecule has 1 N–H and O–H groups in total. The summed E-state index contributed by atoms with van der Waals surface area (Å²) in [5.74, 6) is -0.872. The van der Waals surface area contributed by atoms with Crippen molar-refractivity contribution in [1.82, 2.24) is 4.90 Å². The van der Waals surface area contributed by atoms with E-state index < -0.39 is 12.0 Å². The number of nitriles is 1. The zero-order valence-electron chi connectivity index (χ0n) is 10.7. The predicted octanol–water partition coefficient (Wildman–Crippen LogP) is 1.40. The van der Waals surface area contributed by atoms with E-state index in [0.29, 0.717) is 18.7 Å². The number of morpholine rings is 1. The average molecular weight is 260 g/mol. The van der Waals surface area contributed by atoms with Gasteiger partial charge in [-0.25, -0.2) is 0 Å². The first-order valence-electron chi connectivity index (χ1n) is 6.20. The van der Waals surface area contributed by atoms with Gasteiger partial charge in [0.15, 0.2) is 0 Å². The molecule has 1 fully saturated rings. The van der Waals surface area contributed by atoms with E-state index in [0.717, 1.165) is 5.56 Å². The van der Waals surface area contributed by atoms with Crippen molar-refractivity contribution < 1.29 is 14.6 Å². The topological polar surface area (TPSA) is 73.6 Å². The van der Waals surface area contributed by atoms with Gasteiger partial charge in [0.2, 0.25) is 0 Å². The molecule has 0 amide bonds. The SMILES string of the molecule is CC(c1cccc(C#N)c1)N1CCOCC1C(=O)O. The molecule has 0 aliphatic carbocycles. The number of carboxylic acids is 1. The molecule has 5 nitrogen and oxygen atoms in total. The van der Waals surface area contributed by atoms with E-state index in [-0.39, 0.29) is 12.6 Å². The lowest BCUT2D eigenvalue weighted by molar-refractivity contribution is -0.151. The van der Waals surface area contributed by atoms with E-state index in [4.69, 9.17) is 10.00 Å². The first kappa shape index (κ1) is 13.5. The molecule has 19 heavy (non-hydrogen) atoms. The molecule has 1 aliphatic heterocycles. The molecule has 0 spiro atoms. The normalized spacial score (nSPS) is 21.6. The van der Waals surface area contributed by atoms with Gasteiger partial charge >= 0.3 is 5.97 Å². The molecule has 1 aliphatic rings. The van der Waals surface area contributed by atoms with Gasteiger partial charge in [0, 0.05) is 12.6 Å². The minimum atomic E-state index is -0.872. The van der Waals surface area contributed by atoms with Crippen LogP contribution in [0.5, 0.6) is 0 Å². The van der Waals surface area contributed by atoms with Crippen molar-refractivity contribution in [1.29, 1.82) is 5.26 Å². The van der Waals surface area contributed by atoms with Crippen LogP contribution in [0.2, 0.25) is 0 Å². The lowest BCUT2D eigenvalue weighted by Gasteiger charge is -2.37. The molecule has 0 bridgehead atoms. The van der Waals surface area contributed by atoms with E-state index in [1.807, 2.05) is 24.0 Å². The molecule has 2 atom stereocenters. The predicted molar refractivity (Wildman–Crippen MR) is 68.5 cm³/mol. The number of carboxylic acid groups (broad SMARTS) is 1. The van der Waals surface area contributed by atoms with Crippen molar-refractivity contribution in [2.24, 2.45) is 0 Å². The fourth-order valence-corrected chi connectivity index (χ4v) is 2.35. The lowest BCUT2D eigenvalue weighted by atomic mass is 10.0. The first-order chi connectivity index (χ1) is 9.13. The van der Waals surface area contributed by atoms with Crippen molar-refractivity contribution in [3.05, 3.63) is 35.4 Å². The van der Waals surface area contributed by atoms with Gasteiger partial charge in [0.1, 0.15) is 6.04 Å². The molecule has 1 aromatic rings. The van der Waals surface area contributed by atoms with E-state index >= 15 is 0 Å². The molecular formula is C14H16N2O3. The Balaban J connectivity index is 2.23. The molecule has 0 aromatic heterocycles. The summed E-state index contributed by atoms with van der Waals surface area (Å²) < 4.78 is 5.23. The second kappa shape index (κ2) is 5.83. The summed E-state index contributed by atoms with van der Waals surface area (Å²) in [5, 5.41) is 18.1. The third-order valence-corrected chi connectivity index (χ3v) is 3.45. The maximum Gasteiger partial charge on any atom is 0.323 e. The Morgan fingerprint density at radius 2 is 2.42 bits per heavy atom. The van der Waals surface area contributed by atoms with E-state index in [1.165, 1.54) is 0 Å². The number of ether oxygens (including phenoxy) is 1. The van der Waals surface area contributed by atoms with Gasteiger partial charge in [-0.2, -0.15) is 5.26 Å². The monoisotopic (exact) mass is 260 g/mol. The van der Waals surface area contributed by atoms with E-state index in [2.05, 4.69) is 6.07 Å². The van der Waals surface area contributed by atoms with Crippen LogP contribution in [0.4, 0.5) is 0 Å². The maximum atomic E-state index is 11.2. The third kappa shape index (κ3) is 2.92. The number of carbonyl (C=O) groups is 1. The van der Waals surface area contributed by atoms with Crippen LogP contribution in [0.25, 0.3) is 0 Å². The van der Waals surface area contributed by atoms with Gasteiger partial charge in [-0.05, 0) is 24.6 Å². The molecule has 5 heteroatoms. The van der Waals surface area contributed by atoms with Crippen LogP contribution in [-0.4, -0.2) is 41.8 Å². The van der Waals surface area contributed by atoms with Crippen molar-refractivity contribution in [3.8, 4) is 6.07 Å². The first-order valence-corrected chi connectivity index (χ1v) is 6.20. The fraction of sp³-hybridized carbons (Fsp3) is 0.429. The Bertz CT molecular complexity index is 510. The fourth-order valence-electron chi connectivity index (χ4n) is 2.35. The highest BCUT2D eigenvalue weighted by Crippen LogP contribution is 2.25. The largest absolute Gasteiger partial charge is 0.480 e. The van der Waals surface area contributed by atoms with Crippen LogP contribution < -0.4 is 0 Å². The Hall–Kier alpha value is -1.90. The number of hydrogen-bond donors (Lipinski definition) is 1. The molecule has 1 saturated heterocycles. The van der Waals surface area contributed by atoms with Gasteiger partial charge in [0.25, 0.3) is 0 Å². The molecule has 100 valence electrons. The van der Waals surface area contributed by atoms with Gasteiger partial charge in [-0.3, -0.25) is 9.69 Å². The summed E-state index contributed by atoms with van der Waals surface area (Å²) in [6.45, 7) is 3.27. The Kier molecular flexibility index (Phi) is 4.15. The number of aliphatic carboxylic acids is 1. The standard InChI is InChI=1S/C14H16N2O3/c1-10(12-4-2-3-11(7-12)8-15)16-5-6-19-9-13(16)14(17)18/h2-4,7,10,13H,5-6,9H2,1H3,(H,17,18). The molecule has 2 rings (SSSR count). The van der Waals surface area contributed by atoms with Crippen molar-refractivity contribution in [3.63, 3.8) is 0 Å². The highest BCUT2D eigenvalue weighted by Gasteiger charge is 2.32. The summed E-state index contributed by atoms with van der Waals surface area (Å²) in [4.78, 5) is 13.2. The van der Waals surface area contributed by atoms with Crippen molar-refractivity contribution >= 4 is 5.97 Å². The number of hydrogen-bond acceptors (Lipinski definition) is 4. The van der Waals surface area contributed by atoms with E-state index in [1.54, 1.807) is 12.1 Å². The summed E-state index contributed by atoms with van der Waals surface area (Å²) in [7, 11) is 0. The molecule has 0 radical (unpaired) electrons. The summed E-state index contributed by atoms with van der Waals surface area (Å²) in [6.07, 6.45) is 0. The van der Waals surface area contributed by atoms with Crippen LogP contribution in [-0.2, 0) is 9.53 Å². The summed E-state index contributed by atoms with van der Waals surface area (Å²) in [5.41, 5.74) is 1.54. The van der Waals surface area contributed by atoms with Gasteiger partial charge in [-0.15, -0.1) is 0 Å². The van der Waals surface area contributed by atoms with Crippen molar-refractivity contribution in [2.45, 2.75) is 19.0 Å². The highest BCUT2D eigenvalue weighted by molar-refractivity contribution is 5.73. The van der Waals surface area contributed by atoms with Crippen LogP contribution in [0.1, 0.15) is 24.1 Å². The van der Waals surface area contributed by atoms with Gasteiger partial charge in [0.05, 0.1) is 24.8 Å². The minimum Gasteiger partial charge on any atom is -0.480 e.